The Morgan fingerprint density at radius 3 is 3.00 bits per heavy atom. The standard InChI is InChI=1S/C4H3NO3S/c6-4(7)3-1-2-8-9-5-3/h1-2H,(H,6,7). The van der Waals surface area contributed by atoms with Crippen molar-refractivity contribution in [2.75, 3.05) is 0 Å². The van der Waals surface area contributed by atoms with Crippen LogP contribution in [0.25, 0.3) is 0 Å². The Balaban J connectivity index is 2.69. The summed E-state index contributed by atoms with van der Waals surface area (Å²) >= 11 is 0.752. The highest BCUT2D eigenvalue weighted by atomic mass is 32.2. The molecular weight excluding hydrogens is 142 g/mol. The van der Waals surface area contributed by atoms with Gasteiger partial charge in [0, 0.05) is 6.08 Å². The number of hydrogen-bond acceptors (Lipinski definition) is 4. The Kier molecular flexibility index (Phi) is 1.74. The van der Waals surface area contributed by atoms with E-state index < -0.39 is 5.97 Å². The van der Waals surface area contributed by atoms with Gasteiger partial charge in [-0.05, 0) is 0 Å². The largest absolute Gasteiger partial charge is 0.476 e. The van der Waals surface area contributed by atoms with Gasteiger partial charge in [-0.2, -0.15) is 4.40 Å². The van der Waals surface area contributed by atoms with Gasteiger partial charge in [0.2, 0.25) is 12.2 Å². The quantitative estimate of drug-likeness (QED) is 0.434. The molecule has 9 heavy (non-hydrogen) atoms. The molecule has 0 radical (unpaired) electrons. The second-order valence-electron chi connectivity index (χ2n) is 1.26. The number of carbonyl (C=O) groups is 1. The van der Waals surface area contributed by atoms with Crippen LogP contribution >= 0.6 is 12.2 Å². The first kappa shape index (κ1) is 6.15. The molecule has 0 bridgehead atoms. The van der Waals surface area contributed by atoms with Gasteiger partial charge in [0.25, 0.3) is 0 Å². The molecule has 0 spiro atoms. The zero-order valence-electron chi connectivity index (χ0n) is 4.27. The molecule has 0 aromatic rings. The van der Waals surface area contributed by atoms with Crippen molar-refractivity contribution in [1.29, 1.82) is 0 Å². The second kappa shape index (κ2) is 2.54. The zero-order valence-corrected chi connectivity index (χ0v) is 5.09. The number of aliphatic carboxylic acids is 1. The van der Waals surface area contributed by atoms with Gasteiger partial charge >= 0.3 is 5.97 Å². The van der Waals surface area contributed by atoms with Crippen molar-refractivity contribution in [3.8, 4) is 0 Å². The van der Waals surface area contributed by atoms with E-state index in [0.717, 1.165) is 12.2 Å². The topological polar surface area (TPSA) is 58.9 Å². The van der Waals surface area contributed by atoms with Crippen molar-refractivity contribution < 1.29 is 14.1 Å². The van der Waals surface area contributed by atoms with Crippen molar-refractivity contribution in [3.63, 3.8) is 0 Å². The number of hydrogen-bond donors (Lipinski definition) is 1. The molecule has 1 N–H and O–H groups in total. The predicted octanol–water partition coefficient (Wildman–Crippen LogP) is 0.619. The third-order valence-electron chi connectivity index (χ3n) is 0.679. The molecule has 4 nitrogen and oxygen atoms in total. The highest BCUT2D eigenvalue weighted by molar-refractivity contribution is 7.93. The molecule has 1 aliphatic heterocycles. The number of carboxylic acid groups (broad SMARTS) is 1. The maximum Gasteiger partial charge on any atom is 0.355 e. The first-order valence-corrected chi connectivity index (χ1v) is 2.81. The highest BCUT2D eigenvalue weighted by Crippen LogP contribution is 2.10. The van der Waals surface area contributed by atoms with E-state index in [1.54, 1.807) is 0 Å². The minimum Gasteiger partial charge on any atom is -0.476 e. The van der Waals surface area contributed by atoms with Crippen molar-refractivity contribution >= 4 is 23.9 Å². The number of rotatable bonds is 1. The molecule has 0 aromatic heterocycles. The highest BCUT2D eigenvalue weighted by Gasteiger charge is 2.07. The third kappa shape index (κ3) is 1.46. The summed E-state index contributed by atoms with van der Waals surface area (Å²) < 4.78 is 7.99. The summed E-state index contributed by atoms with van der Waals surface area (Å²) in [6.07, 6.45) is 2.57. The molecule has 1 aliphatic rings. The molecule has 1 rings (SSSR count). The molecule has 0 unspecified atom stereocenters. The predicted molar refractivity (Wildman–Crippen MR) is 32.9 cm³/mol. The van der Waals surface area contributed by atoms with Crippen molar-refractivity contribution in [1.82, 2.24) is 0 Å². The smallest absolute Gasteiger partial charge is 0.355 e. The van der Waals surface area contributed by atoms with E-state index in [-0.39, 0.29) is 5.71 Å². The lowest BCUT2D eigenvalue weighted by molar-refractivity contribution is -0.129. The maximum absolute atomic E-state index is 10.1. The Morgan fingerprint density at radius 1 is 1.89 bits per heavy atom. The van der Waals surface area contributed by atoms with Crippen LogP contribution in [-0.4, -0.2) is 16.8 Å². The zero-order chi connectivity index (χ0) is 6.69. The van der Waals surface area contributed by atoms with Crippen LogP contribution in [0.2, 0.25) is 0 Å². The van der Waals surface area contributed by atoms with Crippen LogP contribution in [-0.2, 0) is 8.98 Å². The van der Waals surface area contributed by atoms with Crippen LogP contribution < -0.4 is 0 Å². The van der Waals surface area contributed by atoms with Gasteiger partial charge in [-0.3, -0.25) is 0 Å². The third-order valence-corrected chi connectivity index (χ3v) is 1.15. The summed E-state index contributed by atoms with van der Waals surface area (Å²) in [6, 6.07) is 0. The minimum absolute atomic E-state index is 0.00579. The van der Waals surface area contributed by atoms with E-state index in [4.69, 9.17) is 5.11 Å². The molecular formula is C4H3NO3S. The fourth-order valence-electron chi connectivity index (χ4n) is 0.320. The van der Waals surface area contributed by atoms with Crippen LogP contribution in [0.1, 0.15) is 0 Å². The molecule has 0 amide bonds. The Morgan fingerprint density at radius 2 is 2.67 bits per heavy atom. The van der Waals surface area contributed by atoms with E-state index in [2.05, 4.69) is 8.58 Å². The van der Waals surface area contributed by atoms with Crippen molar-refractivity contribution in [2.24, 2.45) is 4.40 Å². The van der Waals surface area contributed by atoms with Gasteiger partial charge in [0.05, 0.1) is 0 Å². The molecule has 1 heterocycles. The number of carboxylic acids is 1. The molecule has 0 fully saturated rings. The Bertz CT molecular complexity index is 186. The van der Waals surface area contributed by atoms with Crippen LogP contribution in [0, 0.1) is 0 Å². The minimum atomic E-state index is -1.04. The van der Waals surface area contributed by atoms with E-state index in [0.29, 0.717) is 0 Å². The van der Waals surface area contributed by atoms with Crippen LogP contribution in [0.3, 0.4) is 0 Å². The summed E-state index contributed by atoms with van der Waals surface area (Å²) in [6.45, 7) is 0. The average Bonchev–Trinajstić information content (AvgIpc) is 1.90. The molecule has 0 saturated carbocycles. The monoisotopic (exact) mass is 145 g/mol. The summed E-state index contributed by atoms with van der Waals surface area (Å²) in [4.78, 5) is 10.1. The molecule has 0 saturated heterocycles. The molecule has 0 atom stereocenters. The van der Waals surface area contributed by atoms with Gasteiger partial charge < -0.3 is 9.29 Å². The second-order valence-corrected chi connectivity index (χ2v) is 1.78. The van der Waals surface area contributed by atoms with Crippen LogP contribution in [0.5, 0.6) is 0 Å². The summed E-state index contributed by atoms with van der Waals surface area (Å²) in [5.41, 5.74) is 0.00579. The van der Waals surface area contributed by atoms with Gasteiger partial charge in [-0.1, -0.05) is 0 Å². The van der Waals surface area contributed by atoms with Crippen LogP contribution in [0.4, 0.5) is 0 Å². The maximum atomic E-state index is 10.1. The van der Waals surface area contributed by atoms with Gasteiger partial charge in [-0.15, -0.1) is 0 Å². The van der Waals surface area contributed by atoms with Crippen molar-refractivity contribution in [3.05, 3.63) is 12.3 Å². The summed E-state index contributed by atoms with van der Waals surface area (Å²) in [7, 11) is 0. The lowest BCUT2D eigenvalue weighted by Gasteiger charge is -1.98. The average molecular weight is 145 g/mol. The lowest BCUT2D eigenvalue weighted by Crippen LogP contribution is -2.10. The van der Waals surface area contributed by atoms with Gasteiger partial charge in [0.15, 0.2) is 5.71 Å². The molecule has 0 aromatic carbocycles. The van der Waals surface area contributed by atoms with E-state index in [1.165, 1.54) is 12.3 Å². The Labute approximate surface area is 55.6 Å². The van der Waals surface area contributed by atoms with E-state index >= 15 is 0 Å². The molecule has 48 valence electrons. The SMILES string of the molecule is O=C(O)C1=NSOC=C1. The fourth-order valence-corrected chi connectivity index (χ4v) is 0.687. The number of nitrogens with zero attached hydrogens (tertiary/aromatic N) is 1. The molecule has 5 heteroatoms. The summed E-state index contributed by atoms with van der Waals surface area (Å²) in [5, 5.41) is 8.29. The van der Waals surface area contributed by atoms with E-state index in [1.807, 2.05) is 0 Å². The Hall–Kier alpha value is -0.970. The van der Waals surface area contributed by atoms with Gasteiger partial charge in [0.1, 0.15) is 6.26 Å². The lowest BCUT2D eigenvalue weighted by atomic mass is 10.4. The van der Waals surface area contributed by atoms with Crippen LogP contribution in [0.15, 0.2) is 16.7 Å². The first-order chi connectivity index (χ1) is 4.30. The first-order valence-electron chi connectivity index (χ1n) is 2.11. The van der Waals surface area contributed by atoms with Gasteiger partial charge in [-0.25, -0.2) is 4.79 Å². The van der Waals surface area contributed by atoms with Crippen molar-refractivity contribution in [2.45, 2.75) is 0 Å². The fraction of sp³-hybridized carbons (Fsp3) is 0. The van der Waals surface area contributed by atoms with E-state index in [9.17, 15) is 4.79 Å². The summed E-state index contributed by atoms with van der Waals surface area (Å²) in [5.74, 6) is -1.04. The normalized spacial score (nSPS) is 16.2. The molecule has 0 aliphatic carbocycles.